The van der Waals surface area contributed by atoms with Crippen LogP contribution in [0.3, 0.4) is 0 Å². The molecule has 1 aromatic heterocycles. The topological polar surface area (TPSA) is 57.2 Å². The third-order valence-corrected chi connectivity index (χ3v) is 3.57. The first-order chi connectivity index (χ1) is 8.18. The minimum Gasteiger partial charge on any atom is -0.469 e. The summed E-state index contributed by atoms with van der Waals surface area (Å²) in [5.74, 6) is 0.828. The van der Waals surface area contributed by atoms with E-state index in [1.807, 2.05) is 12.1 Å². The van der Waals surface area contributed by atoms with E-state index in [9.17, 15) is 4.79 Å². The highest BCUT2D eigenvalue weighted by Crippen LogP contribution is 2.36. The molecule has 90 valence electrons. The summed E-state index contributed by atoms with van der Waals surface area (Å²) in [4.78, 5) is 13.6. The van der Waals surface area contributed by atoms with Gasteiger partial charge in [-0.3, -0.25) is 4.79 Å². The molecule has 4 nitrogen and oxygen atoms in total. The van der Waals surface area contributed by atoms with Gasteiger partial charge in [0.15, 0.2) is 0 Å². The standard InChI is InChI=1S/C13H16N2O2/c1-15(13(10-14)7-3-8-13)12(16)6-5-11-4-2-9-17-11/h2,4,9H,3,5-8H2,1H3. The molecule has 4 heteroatoms. The SMILES string of the molecule is CN(C(=O)CCc1ccco1)C1(C#N)CCC1. The predicted molar refractivity (Wildman–Crippen MR) is 62.0 cm³/mol. The zero-order chi connectivity index (χ0) is 12.3. The van der Waals surface area contributed by atoms with Crippen molar-refractivity contribution in [3.63, 3.8) is 0 Å². The second-order valence-corrected chi connectivity index (χ2v) is 4.53. The quantitative estimate of drug-likeness (QED) is 0.799. The molecule has 0 bridgehead atoms. The maximum atomic E-state index is 12.0. The molecule has 0 aromatic carbocycles. The molecule has 0 saturated heterocycles. The lowest BCUT2D eigenvalue weighted by Gasteiger charge is -2.43. The Balaban J connectivity index is 1.90. The summed E-state index contributed by atoms with van der Waals surface area (Å²) < 4.78 is 5.18. The van der Waals surface area contributed by atoms with Gasteiger partial charge in [0.05, 0.1) is 12.3 Å². The van der Waals surface area contributed by atoms with E-state index in [-0.39, 0.29) is 5.91 Å². The van der Waals surface area contributed by atoms with Crippen LogP contribution < -0.4 is 0 Å². The number of carbonyl (C=O) groups is 1. The van der Waals surface area contributed by atoms with Crippen molar-refractivity contribution in [3.05, 3.63) is 24.2 Å². The monoisotopic (exact) mass is 232 g/mol. The van der Waals surface area contributed by atoms with E-state index in [0.717, 1.165) is 25.0 Å². The van der Waals surface area contributed by atoms with Crippen LogP contribution in [0.15, 0.2) is 22.8 Å². The van der Waals surface area contributed by atoms with Crippen molar-refractivity contribution in [1.29, 1.82) is 5.26 Å². The Hall–Kier alpha value is -1.76. The van der Waals surface area contributed by atoms with Crippen LogP contribution in [-0.2, 0) is 11.2 Å². The van der Waals surface area contributed by atoms with Crippen molar-refractivity contribution in [1.82, 2.24) is 4.90 Å². The molecule has 0 N–H and O–H groups in total. The lowest BCUT2D eigenvalue weighted by molar-refractivity contribution is -0.136. The molecule has 0 spiro atoms. The largest absolute Gasteiger partial charge is 0.469 e. The number of hydrogen-bond donors (Lipinski definition) is 0. The Bertz CT molecular complexity index is 427. The smallest absolute Gasteiger partial charge is 0.224 e. The van der Waals surface area contributed by atoms with Crippen molar-refractivity contribution < 1.29 is 9.21 Å². The molecule has 17 heavy (non-hydrogen) atoms. The average Bonchev–Trinajstić information content (AvgIpc) is 2.77. The van der Waals surface area contributed by atoms with Crippen molar-refractivity contribution in [2.75, 3.05) is 7.05 Å². The molecule has 0 atom stereocenters. The number of rotatable bonds is 4. The summed E-state index contributed by atoms with van der Waals surface area (Å²) in [6.07, 6.45) is 5.22. The van der Waals surface area contributed by atoms with Gasteiger partial charge >= 0.3 is 0 Å². The molecule has 0 unspecified atom stereocenters. The summed E-state index contributed by atoms with van der Waals surface area (Å²) in [6, 6.07) is 5.94. The predicted octanol–water partition coefficient (Wildman–Crippen LogP) is 2.12. The molecule has 1 aliphatic carbocycles. The van der Waals surface area contributed by atoms with Crippen LogP contribution in [0.4, 0.5) is 0 Å². The number of amides is 1. The maximum absolute atomic E-state index is 12.0. The van der Waals surface area contributed by atoms with Gasteiger partial charge in [0.25, 0.3) is 0 Å². The van der Waals surface area contributed by atoms with Gasteiger partial charge in [0, 0.05) is 19.9 Å². The van der Waals surface area contributed by atoms with Crippen molar-refractivity contribution in [2.45, 2.75) is 37.6 Å². The van der Waals surface area contributed by atoms with Crippen LogP contribution in [0, 0.1) is 11.3 Å². The highest BCUT2D eigenvalue weighted by Gasteiger charge is 2.43. The normalized spacial score (nSPS) is 16.9. The van der Waals surface area contributed by atoms with Gasteiger partial charge in [-0.05, 0) is 31.4 Å². The summed E-state index contributed by atoms with van der Waals surface area (Å²) in [7, 11) is 1.73. The molecule has 1 aromatic rings. The Kier molecular flexibility index (Phi) is 3.19. The highest BCUT2D eigenvalue weighted by molar-refractivity contribution is 5.77. The second-order valence-electron chi connectivity index (χ2n) is 4.53. The van der Waals surface area contributed by atoms with Crippen LogP contribution in [0.25, 0.3) is 0 Å². The van der Waals surface area contributed by atoms with Gasteiger partial charge in [0.1, 0.15) is 11.3 Å². The fourth-order valence-electron chi connectivity index (χ4n) is 2.13. The molecule has 1 saturated carbocycles. The van der Waals surface area contributed by atoms with Gasteiger partial charge in [0.2, 0.25) is 5.91 Å². The van der Waals surface area contributed by atoms with E-state index in [1.165, 1.54) is 0 Å². The fourth-order valence-corrected chi connectivity index (χ4v) is 2.13. The third-order valence-electron chi connectivity index (χ3n) is 3.57. The molecule has 1 aliphatic rings. The first kappa shape index (κ1) is 11.7. The Morgan fingerprint density at radius 1 is 1.65 bits per heavy atom. The van der Waals surface area contributed by atoms with Gasteiger partial charge in [-0.15, -0.1) is 0 Å². The van der Waals surface area contributed by atoms with Gasteiger partial charge in [-0.1, -0.05) is 0 Å². The minimum atomic E-state index is -0.541. The van der Waals surface area contributed by atoms with Crippen LogP contribution in [0.5, 0.6) is 0 Å². The number of furan rings is 1. The highest BCUT2D eigenvalue weighted by atomic mass is 16.3. The number of hydrogen-bond acceptors (Lipinski definition) is 3. The first-order valence-electron chi connectivity index (χ1n) is 5.88. The van der Waals surface area contributed by atoms with Crippen molar-refractivity contribution in [2.24, 2.45) is 0 Å². The van der Waals surface area contributed by atoms with E-state index < -0.39 is 5.54 Å². The van der Waals surface area contributed by atoms with E-state index in [4.69, 9.17) is 9.68 Å². The van der Waals surface area contributed by atoms with Crippen molar-refractivity contribution >= 4 is 5.91 Å². The van der Waals surface area contributed by atoms with E-state index in [2.05, 4.69) is 6.07 Å². The van der Waals surface area contributed by atoms with Gasteiger partial charge in [-0.25, -0.2) is 0 Å². The summed E-state index contributed by atoms with van der Waals surface area (Å²) in [5, 5.41) is 9.15. The number of aryl methyl sites for hydroxylation is 1. The van der Waals surface area contributed by atoms with E-state index in [0.29, 0.717) is 12.8 Å². The van der Waals surface area contributed by atoms with Crippen LogP contribution >= 0.6 is 0 Å². The van der Waals surface area contributed by atoms with Crippen LogP contribution in [-0.4, -0.2) is 23.4 Å². The van der Waals surface area contributed by atoms with Gasteiger partial charge < -0.3 is 9.32 Å². The Labute approximate surface area is 101 Å². The number of carbonyl (C=O) groups excluding carboxylic acids is 1. The van der Waals surface area contributed by atoms with Crippen LogP contribution in [0.2, 0.25) is 0 Å². The molecule has 1 heterocycles. The molecule has 2 rings (SSSR count). The Morgan fingerprint density at radius 2 is 2.41 bits per heavy atom. The second kappa shape index (κ2) is 4.62. The zero-order valence-corrected chi connectivity index (χ0v) is 9.98. The Morgan fingerprint density at radius 3 is 2.88 bits per heavy atom. The molecular formula is C13H16N2O2. The van der Waals surface area contributed by atoms with Gasteiger partial charge in [-0.2, -0.15) is 5.26 Å². The minimum absolute atomic E-state index is 0.0163. The lowest BCUT2D eigenvalue weighted by atomic mass is 9.76. The summed E-state index contributed by atoms with van der Waals surface area (Å²) >= 11 is 0. The molecule has 1 amide bonds. The fraction of sp³-hybridized carbons (Fsp3) is 0.538. The summed E-state index contributed by atoms with van der Waals surface area (Å²) in [5.41, 5.74) is -0.541. The summed E-state index contributed by atoms with van der Waals surface area (Å²) in [6.45, 7) is 0. The number of nitrogens with zero attached hydrogens (tertiary/aromatic N) is 2. The molecule has 1 fully saturated rings. The number of nitriles is 1. The van der Waals surface area contributed by atoms with E-state index in [1.54, 1.807) is 18.2 Å². The van der Waals surface area contributed by atoms with E-state index >= 15 is 0 Å². The average molecular weight is 232 g/mol. The third kappa shape index (κ3) is 2.19. The molecular weight excluding hydrogens is 216 g/mol. The van der Waals surface area contributed by atoms with Crippen molar-refractivity contribution in [3.8, 4) is 6.07 Å². The zero-order valence-electron chi connectivity index (χ0n) is 9.98. The molecule has 0 aliphatic heterocycles. The maximum Gasteiger partial charge on any atom is 0.224 e. The van der Waals surface area contributed by atoms with Crippen LogP contribution in [0.1, 0.15) is 31.4 Å². The molecule has 0 radical (unpaired) electrons. The lowest BCUT2D eigenvalue weighted by Crippen LogP contribution is -2.53. The first-order valence-corrected chi connectivity index (χ1v) is 5.88.